The van der Waals surface area contributed by atoms with Crippen molar-refractivity contribution in [2.45, 2.75) is 13.8 Å². The molecule has 0 aliphatic rings. The minimum atomic E-state index is -0.422. The third-order valence-electron chi connectivity index (χ3n) is 1.80. The van der Waals surface area contributed by atoms with E-state index < -0.39 is 4.92 Å². The second-order valence-corrected chi connectivity index (χ2v) is 3.06. The van der Waals surface area contributed by atoms with Crippen LogP contribution in [-0.2, 0) is 0 Å². The fourth-order valence-electron chi connectivity index (χ4n) is 0.987. The molecular weight excluding hydrogens is 178 g/mol. The Hall–Kier alpha value is -1.09. The van der Waals surface area contributed by atoms with Gasteiger partial charge in [0.2, 0.25) is 0 Å². The zero-order valence-corrected chi connectivity index (χ0v) is 7.55. The van der Waals surface area contributed by atoms with Crippen molar-refractivity contribution in [1.29, 1.82) is 0 Å². The number of hydrogen-bond donors (Lipinski definition) is 0. The lowest BCUT2D eigenvalue weighted by molar-refractivity contribution is -0.385. The van der Waals surface area contributed by atoms with E-state index in [1.165, 1.54) is 6.07 Å². The smallest absolute Gasteiger partial charge is 0.258 e. The first-order valence-electron chi connectivity index (χ1n) is 3.43. The van der Waals surface area contributed by atoms with Gasteiger partial charge in [-0.2, -0.15) is 0 Å². The number of rotatable bonds is 1. The Morgan fingerprint density at radius 1 is 1.42 bits per heavy atom. The Morgan fingerprint density at radius 3 is 2.50 bits per heavy atom. The van der Waals surface area contributed by atoms with Crippen LogP contribution in [0.2, 0.25) is 5.02 Å². The molecule has 64 valence electrons. The number of aryl methyl sites for hydroxylation is 1. The maximum absolute atomic E-state index is 10.5. The second kappa shape index (κ2) is 3.11. The van der Waals surface area contributed by atoms with Crippen LogP contribution in [0.1, 0.15) is 11.1 Å². The number of nitro groups is 1. The monoisotopic (exact) mass is 185 g/mol. The topological polar surface area (TPSA) is 43.1 Å². The quantitative estimate of drug-likeness (QED) is 0.499. The normalized spacial score (nSPS) is 9.92. The Morgan fingerprint density at radius 2 is 2.00 bits per heavy atom. The van der Waals surface area contributed by atoms with Gasteiger partial charge in [-0.05, 0) is 25.5 Å². The lowest BCUT2D eigenvalue weighted by atomic mass is 10.1. The zero-order valence-electron chi connectivity index (χ0n) is 6.80. The molecule has 4 heteroatoms. The molecule has 1 aromatic carbocycles. The molecule has 0 fully saturated rings. The first-order valence-corrected chi connectivity index (χ1v) is 3.81. The highest BCUT2D eigenvalue weighted by Crippen LogP contribution is 2.25. The highest BCUT2D eigenvalue weighted by atomic mass is 35.5. The van der Waals surface area contributed by atoms with Crippen molar-refractivity contribution in [3.8, 4) is 0 Å². The maximum atomic E-state index is 10.5. The summed E-state index contributed by atoms with van der Waals surface area (Å²) in [6, 6.07) is 3.08. The molecule has 0 saturated carbocycles. The fourth-order valence-corrected chi connectivity index (χ4v) is 1.25. The summed E-state index contributed by atoms with van der Waals surface area (Å²) in [5, 5.41) is 10.9. The predicted molar refractivity (Wildman–Crippen MR) is 47.6 cm³/mol. The van der Waals surface area contributed by atoms with Gasteiger partial charge in [-0.3, -0.25) is 10.1 Å². The zero-order chi connectivity index (χ0) is 9.30. The molecule has 12 heavy (non-hydrogen) atoms. The number of halogens is 1. The summed E-state index contributed by atoms with van der Waals surface area (Å²) in [5.41, 5.74) is 1.60. The highest BCUT2D eigenvalue weighted by molar-refractivity contribution is 6.30. The molecule has 0 radical (unpaired) electrons. The third kappa shape index (κ3) is 1.56. The number of benzene rings is 1. The molecule has 0 unspecified atom stereocenters. The average Bonchev–Trinajstić information content (AvgIpc) is 1.96. The van der Waals surface area contributed by atoms with E-state index in [1.807, 2.05) is 0 Å². The van der Waals surface area contributed by atoms with Crippen LogP contribution in [0.25, 0.3) is 0 Å². The number of hydrogen-bond acceptors (Lipinski definition) is 2. The Bertz CT molecular complexity index is 336. The van der Waals surface area contributed by atoms with Crippen LogP contribution >= 0.6 is 11.6 Å². The van der Waals surface area contributed by atoms with E-state index >= 15 is 0 Å². The highest BCUT2D eigenvalue weighted by Gasteiger charge is 2.12. The summed E-state index contributed by atoms with van der Waals surface area (Å²) in [6.45, 7) is 3.51. The van der Waals surface area contributed by atoms with Crippen LogP contribution in [0.15, 0.2) is 12.1 Å². The molecule has 1 aromatic rings. The van der Waals surface area contributed by atoms with Crippen LogP contribution in [0.3, 0.4) is 0 Å². The van der Waals surface area contributed by atoms with Crippen molar-refractivity contribution in [2.24, 2.45) is 0 Å². The van der Waals surface area contributed by atoms with Crippen molar-refractivity contribution >= 4 is 17.3 Å². The second-order valence-electron chi connectivity index (χ2n) is 2.62. The molecule has 0 aliphatic heterocycles. The molecule has 0 heterocycles. The van der Waals surface area contributed by atoms with E-state index in [2.05, 4.69) is 0 Å². The fraction of sp³-hybridized carbons (Fsp3) is 0.250. The summed E-state index contributed by atoms with van der Waals surface area (Å²) in [5.74, 6) is 0. The van der Waals surface area contributed by atoms with E-state index in [1.54, 1.807) is 19.9 Å². The van der Waals surface area contributed by atoms with Gasteiger partial charge in [0.05, 0.1) is 4.92 Å². The van der Waals surface area contributed by atoms with Gasteiger partial charge in [-0.1, -0.05) is 11.6 Å². The SMILES string of the molecule is Cc1cc(Cl)cc([N+](=O)[O-])c1C. The van der Waals surface area contributed by atoms with Gasteiger partial charge in [0, 0.05) is 16.7 Å². The van der Waals surface area contributed by atoms with Crippen molar-refractivity contribution in [3.05, 3.63) is 38.4 Å². The number of nitrogens with zero attached hydrogens (tertiary/aromatic N) is 1. The molecule has 0 aliphatic carbocycles. The first kappa shape index (κ1) is 9.00. The van der Waals surface area contributed by atoms with Gasteiger partial charge in [0.15, 0.2) is 0 Å². The predicted octanol–water partition coefficient (Wildman–Crippen LogP) is 2.87. The molecular formula is C8H8ClNO2. The lowest BCUT2D eigenvalue weighted by Crippen LogP contribution is -1.93. The van der Waals surface area contributed by atoms with E-state index in [-0.39, 0.29) is 5.69 Å². The van der Waals surface area contributed by atoms with Gasteiger partial charge < -0.3 is 0 Å². The van der Waals surface area contributed by atoms with Gasteiger partial charge in [-0.15, -0.1) is 0 Å². The molecule has 0 N–H and O–H groups in total. The van der Waals surface area contributed by atoms with Gasteiger partial charge in [-0.25, -0.2) is 0 Å². The average molecular weight is 186 g/mol. The molecule has 0 spiro atoms. The van der Waals surface area contributed by atoms with E-state index in [4.69, 9.17) is 11.6 Å². The van der Waals surface area contributed by atoms with Crippen LogP contribution in [-0.4, -0.2) is 4.92 Å². The molecule has 0 saturated heterocycles. The van der Waals surface area contributed by atoms with Gasteiger partial charge in [0.1, 0.15) is 0 Å². The van der Waals surface area contributed by atoms with Crippen LogP contribution in [0.5, 0.6) is 0 Å². The molecule has 0 aromatic heterocycles. The Kier molecular flexibility index (Phi) is 2.33. The van der Waals surface area contributed by atoms with Crippen molar-refractivity contribution in [3.63, 3.8) is 0 Å². The van der Waals surface area contributed by atoms with Crippen molar-refractivity contribution in [1.82, 2.24) is 0 Å². The van der Waals surface area contributed by atoms with Crippen LogP contribution < -0.4 is 0 Å². The number of nitro benzene ring substituents is 1. The van der Waals surface area contributed by atoms with Crippen LogP contribution in [0.4, 0.5) is 5.69 Å². The van der Waals surface area contributed by atoms with Crippen LogP contribution in [0, 0.1) is 24.0 Å². The molecule has 0 atom stereocenters. The van der Waals surface area contributed by atoms with E-state index in [9.17, 15) is 10.1 Å². The standard InChI is InChI=1S/C8H8ClNO2/c1-5-3-7(9)4-8(6(5)2)10(11)12/h3-4H,1-2H3. The summed E-state index contributed by atoms with van der Waals surface area (Å²) in [7, 11) is 0. The first-order chi connectivity index (χ1) is 5.52. The summed E-state index contributed by atoms with van der Waals surface area (Å²) in [6.07, 6.45) is 0. The van der Waals surface area contributed by atoms with Crippen molar-refractivity contribution in [2.75, 3.05) is 0 Å². The van der Waals surface area contributed by atoms with E-state index in [0.717, 1.165) is 5.56 Å². The molecule has 1 rings (SSSR count). The lowest BCUT2D eigenvalue weighted by Gasteiger charge is -2.01. The minimum Gasteiger partial charge on any atom is -0.258 e. The largest absolute Gasteiger partial charge is 0.274 e. The van der Waals surface area contributed by atoms with Gasteiger partial charge >= 0.3 is 0 Å². The van der Waals surface area contributed by atoms with Crippen molar-refractivity contribution < 1.29 is 4.92 Å². The summed E-state index contributed by atoms with van der Waals surface area (Å²) in [4.78, 5) is 10.1. The summed E-state index contributed by atoms with van der Waals surface area (Å²) < 4.78 is 0. The van der Waals surface area contributed by atoms with Gasteiger partial charge in [0.25, 0.3) is 5.69 Å². The Balaban J connectivity index is 3.37. The molecule has 3 nitrogen and oxygen atoms in total. The Labute approximate surface area is 75.1 Å². The molecule has 0 bridgehead atoms. The third-order valence-corrected chi connectivity index (χ3v) is 2.02. The molecule has 0 amide bonds. The summed E-state index contributed by atoms with van der Waals surface area (Å²) >= 11 is 5.66. The minimum absolute atomic E-state index is 0.0833. The van der Waals surface area contributed by atoms with E-state index in [0.29, 0.717) is 10.6 Å². The maximum Gasteiger partial charge on any atom is 0.274 e.